The fourth-order valence-corrected chi connectivity index (χ4v) is 3.76. The van der Waals surface area contributed by atoms with Gasteiger partial charge >= 0.3 is 6.09 Å². The Hall–Kier alpha value is -2.83. The largest absolute Gasteiger partial charge is 0.444 e. The highest BCUT2D eigenvalue weighted by molar-refractivity contribution is 5.92. The third-order valence-electron chi connectivity index (χ3n) is 5.71. The molecule has 3 unspecified atom stereocenters. The fraction of sp³-hybridized carbons (Fsp3) is 0.621. The summed E-state index contributed by atoms with van der Waals surface area (Å²) >= 11 is 0. The molecular formula is C29H47N3O4. The monoisotopic (exact) mass is 501 g/mol. The van der Waals surface area contributed by atoms with Crippen LogP contribution >= 0.6 is 0 Å². The highest BCUT2D eigenvalue weighted by atomic mass is 16.6. The number of rotatable bonds is 11. The minimum atomic E-state index is -0.866. The molecule has 0 saturated heterocycles. The Morgan fingerprint density at radius 1 is 1.11 bits per heavy atom. The molecule has 1 aromatic rings. The van der Waals surface area contributed by atoms with Gasteiger partial charge in [0.05, 0.1) is 0 Å². The number of ether oxygens (including phenoxy) is 1. The third-order valence-corrected chi connectivity index (χ3v) is 5.71. The van der Waals surface area contributed by atoms with E-state index < -0.39 is 29.3 Å². The second-order valence-corrected chi connectivity index (χ2v) is 11.4. The Labute approximate surface area is 218 Å². The lowest BCUT2D eigenvalue weighted by atomic mass is 9.94. The van der Waals surface area contributed by atoms with Gasteiger partial charge in [-0.05, 0) is 71.1 Å². The lowest BCUT2D eigenvalue weighted by molar-refractivity contribution is -0.144. The molecule has 0 spiro atoms. The Morgan fingerprint density at radius 2 is 1.75 bits per heavy atom. The Balaban J connectivity index is 3.58. The van der Waals surface area contributed by atoms with Crippen LogP contribution in [0.15, 0.2) is 30.8 Å². The zero-order valence-electron chi connectivity index (χ0n) is 23.7. The molecule has 36 heavy (non-hydrogen) atoms. The van der Waals surface area contributed by atoms with E-state index in [2.05, 4.69) is 17.2 Å². The maximum atomic E-state index is 14.1. The number of amides is 3. The third kappa shape index (κ3) is 10.0. The number of carbonyl (C=O) groups excluding carboxylic acids is 3. The van der Waals surface area contributed by atoms with Gasteiger partial charge in [0.1, 0.15) is 17.7 Å². The van der Waals surface area contributed by atoms with Crippen LogP contribution in [0.1, 0.15) is 98.7 Å². The Bertz CT molecular complexity index is 899. The molecule has 202 valence electrons. The minimum absolute atomic E-state index is 0.167. The normalized spacial score (nSPS) is 14.2. The van der Waals surface area contributed by atoms with Crippen molar-refractivity contribution in [3.05, 3.63) is 42.0 Å². The van der Waals surface area contributed by atoms with Crippen LogP contribution in [-0.2, 0) is 14.3 Å². The van der Waals surface area contributed by atoms with Gasteiger partial charge in [0.15, 0.2) is 0 Å². The molecule has 0 aromatic heterocycles. The first-order chi connectivity index (χ1) is 16.6. The molecule has 3 atom stereocenters. The van der Waals surface area contributed by atoms with Gasteiger partial charge in [-0.25, -0.2) is 4.79 Å². The number of alkyl carbamates (subject to hydrolysis) is 1. The molecule has 0 aliphatic carbocycles. The summed E-state index contributed by atoms with van der Waals surface area (Å²) in [6.07, 6.45) is 3.29. The highest BCUT2D eigenvalue weighted by Crippen LogP contribution is 2.27. The van der Waals surface area contributed by atoms with Crippen molar-refractivity contribution in [1.29, 1.82) is 0 Å². The van der Waals surface area contributed by atoms with Crippen molar-refractivity contribution in [2.75, 3.05) is 6.54 Å². The van der Waals surface area contributed by atoms with Crippen molar-refractivity contribution < 1.29 is 19.1 Å². The predicted molar refractivity (Wildman–Crippen MR) is 146 cm³/mol. The first kappa shape index (κ1) is 31.2. The van der Waals surface area contributed by atoms with E-state index in [4.69, 9.17) is 4.74 Å². The van der Waals surface area contributed by atoms with Crippen LogP contribution in [-0.4, -0.2) is 46.5 Å². The van der Waals surface area contributed by atoms with E-state index in [0.717, 1.165) is 12.0 Å². The zero-order valence-corrected chi connectivity index (χ0v) is 23.7. The van der Waals surface area contributed by atoms with Gasteiger partial charge in [-0.1, -0.05) is 64.5 Å². The van der Waals surface area contributed by atoms with E-state index in [-0.39, 0.29) is 17.7 Å². The van der Waals surface area contributed by atoms with Crippen LogP contribution in [0.4, 0.5) is 4.79 Å². The predicted octanol–water partition coefficient (Wildman–Crippen LogP) is 5.85. The van der Waals surface area contributed by atoms with Gasteiger partial charge in [0.25, 0.3) is 0 Å². The van der Waals surface area contributed by atoms with Crippen molar-refractivity contribution in [3.8, 4) is 0 Å². The molecule has 0 saturated carbocycles. The second-order valence-electron chi connectivity index (χ2n) is 11.4. The summed E-state index contributed by atoms with van der Waals surface area (Å²) in [5.74, 6) is -0.741. The summed E-state index contributed by atoms with van der Waals surface area (Å²) in [6, 6.07) is 5.79. The summed E-state index contributed by atoms with van der Waals surface area (Å²) in [6.45, 7) is 21.2. The number of benzene rings is 1. The smallest absolute Gasteiger partial charge is 0.408 e. The highest BCUT2D eigenvalue weighted by Gasteiger charge is 2.38. The van der Waals surface area contributed by atoms with E-state index in [0.29, 0.717) is 24.9 Å². The van der Waals surface area contributed by atoms with Crippen LogP contribution in [0.5, 0.6) is 0 Å². The lowest BCUT2D eigenvalue weighted by Gasteiger charge is -2.37. The quantitative estimate of drug-likeness (QED) is 0.398. The molecule has 7 nitrogen and oxygen atoms in total. The Morgan fingerprint density at radius 3 is 2.25 bits per heavy atom. The Kier molecular flexibility index (Phi) is 11.7. The van der Waals surface area contributed by atoms with Gasteiger partial charge in [0.2, 0.25) is 11.8 Å². The number of hydrogen-bond acceptors (Lipinski definition) is 4. The number of nitrogens with zero attached hydrogens (tertiary/aromatic N) is 1. The van der Waals surface area contributed by atoms with Crippen LogP contribution < -0.4 is 10.6 Å². The molecule has 3 amide bonds. The van der Waals surface area contributed by atoms with E-state index in [1.54, 1.807) is 31.7 Å². The molecule has 0 aliphatic rings. The standard InChI is InChI=1S/C29H47N3O4/c1-11-14-18-32(26(34)23(20(4)12-2)30-27(35)36-29(8,9)10)24(25(33)31-28(5,6)7)22-17-15-16-21(13-3)19-22/h13,15-17,19-20,23-24H,3,11-12,14,18H2,1-2,4-10H3,(H,30,35)(H,31,33). The molecule has 0 bridgehead atoms. The first-order valence-corrected chi connectivity index (χ1v) is 13.0. The lowest BCUT2D eigenvalue weighted by Crippen LogP contribution is -2.56. The van der Waals surface area contributed by atoms with Gasteiger partial charge in [-0.15, -0.1) is 0 Å². The number of nitrogens with one attached hydrogen (secondary N) is 2. The SMILES string of the molecule is C=Cc1cccc(C(C(=O)NC(C)(C)C)N(CCCC)C(=O)C(NC(=O)OC(C)(C)C)C(C)CC)c1. The van der Waals surface area contributed by atoms with Gasteiger partial charge < -0.3 is 20.3 Å². The van der Waals surface area contributed by atoms with Crippen LogP contribution in [0.25, 0.3) is 6.08 Å². The fourth-order valence-electron chi connectivity index (χ4n) is 3.76. The van der Waals surface area contributed by atoms with E-state index >= 15 is 0 Å². The molecule has 0 fully saturated rings. The summed E-state index contributed by atoms with van der Waals surface area (Å²) in [5, 5.41) is 5.85. The van der Waals surface area contributed by atoms with E-state index in [1.807, 2.05) is 65.8 Å². The van der Waals surface area contributed by atoms with E-state index in [1.165, 1.54) is 0 Å². The number of hydrogen-bond donors (Lipinski definition) is 2. The minimum Gasteiger partial charge on any atom is -0.444 e. The van der Waals surface area contributed by atoms with Crippen LogP contribution in [0.3, 0.4) is 0 Å². The first-order valence-electron chi connectivity index (χ1n) is 13.0. The maximum absolute atomic E-state index is 14.1. The average Bonchev–Trinajstić information content (AvgIpc) is 2.76. The van der Waals surface area contributed by atoms with Crippen molar-refractivity contribution >= 4 is 24.0 Å². The van der Waals surface area contributed by atoms with Gasteiger partial charge in [-0.3, -0.25) is 9.59 Å². The van der Waals surface area contributed by atoms with Crippen molar-refractivity contribution in [2.45, 2.75) is 105 Å². The summed E-state index contributed by atoms with van der Waals surface area (Å²) in [4.78, 5) is 42.1. The molecule has 1 rings (SSSR count). The molecule has 7 heteroatoms. The van der Waals surface area contributed by atoms with Crippen molar-refractivity contribution in [3.63, 3.8) is 0 Å². The summed E-state index contributed by atoms with van der Waals surface area (Å²) < 4.78 is 5.45. The molecule has 2 N–H and O–H groups in total. The maximum Gasteiger partial charge on any atom is 0.408 e. The zero-order chi connectivity index (χ0) is 27.7. The molecule has 0 heterocycles. The number of unbranched alkanes of at least 4 members (excludes halogenated alkanes) is 1. The van der Waals surface area contributed by atoms with Crippen LogP contribution in [0, 0.1) is 5.92 Å². The van der Waals surface area contributed by atoms with Crippen molar-refractivity contribution in [2.24, 2.45) is 5.92 Å². The molecular weight excluding hydrogens is 454 g/mol. The van der Waals surface area contributed by atoms with Crippen molar-refractivity contribution in [1.82, 2.24) is 15.5 Å². The topological polar surface area (TPSA) is 87.7 Å². The van der Waals surface area contributed by atoms with Gasteiger partial charge in [-0.2, -0.15) is 0 Å². The number of carbonyl (C=O) groups is 3. The van der Waals surface area contributed by atoms with Crippen LogP contribution in [0.2, 0.25) is 0 Å². The molecule has 0 aliphatic heterocycles. The summed E-state index contributed by atoms with van der Waals surface area (Å²) in [5.41, 5.74) is 0.360. The van der Waals surface area contributed by atoms with E-state index in [9.17, 15) is 14.4 Å². The van der Waals surface area contributed by atoms with Gasteiger partial charge in [0, 0.05) is 12.1 Å². The molecule has 0 radical (unpaired) electrons. The summed E-state index contributed by atoms with van der Waals surface area (Å²) in [7, 11) is 0. The second kappa shape index (κ2) is 13.5. The average molecular weight is 502 g/mol. The molecule has 1 aromatic carbocycles.